The maximum absolute atomic E-state index is 11.8. The number of carboxylic acids is 2. The molecular formula is C13H14ClNO5S. The summed E-state index contributed by atoms with van der Waals surface area (Å²) in [6, 6.07) is 7.16. The van der Waals surface area contributed by atoms with Crippen LogP contribution in [0.3, 0.4) is 0 Å². The van der Waals surface area contributed by atoms with E-state index in [1.54, 1.807) is 18.2 Å². The molecule has 114 valence electrons. The Labute approximate surface area is 130 Å². The van der Waals surface area contributed by atoms with Crippen LogP contribution < -0.4 is 0 Å². The van der Waals surface area contributed by atoms with Crippen molar-refractivity contribution in [3.05, 3.63) is 34.9 Å². The molecule has 6 nitrogen and oxygen atoms in total. The lowest BCUT2D eigenvalue weighted by Crippen LogP contribution is -2.40. The van der Waals surface area contributed by atoms with Crippen LogP contribution in [-0.4, -0.2) is 51.8 Å². The van der Waals surface area contributed by atoms with Crippen molar-refractivity contribution in [3.63, 3.8) is 0 Å². The summed E-state index contributed by atoms with van der Waals surface area (Å²) in [6.07, 6.45) is 0. The van der Waals surface area contributed by atoms with E-state index in [2.05, 4.69) is 0 Å². The highest BCUT2D eigenvalue weighted by Crippen LogP contribution is 2.16. The van der Waals surface area contributed by atoms with Gasteiger partial charge in [0.25, 0.3) is 0 Å². The number of carbonyl (C=O) groups is 3. The van der Waals surface area contributed by atoms with Crippen molar-refractivity contribution in [2.24, 2.45) is 0 Å². The number of halogens is 1. The highest BCUT2D eigenvalue weighted by molar-refractivity contribution is 7.99. The van der Waals surface area contributed by atoms with Gasteiger partial charge in [-0.3, -0.25) is 14.4 Å². The predicted molar refractivity (Wildman–Crippen MR) is 79.5 cm³/mol. The van der Waals surface area contributed by atoms with Gasteiger partial charge in [0.2, 0.25) is 5.91 Å². The first-order chi connectivity index (χ1) is 9.88. The van der Waals surface area contributed by atoms with Crippen LogP contribution >= 0.6 is 23.4 Å². The smallest absolute Gasteiger partial charge is 0.323 e. The number of thioether (sulfide) groups is 1. The molecule has 0 unspecified atom stereocenters. The van der Waals surface area contributed by atoms with E-state index in [0.717, 1.165) is 10.5 Å². The highest BCUT2D eigenvalue weighted by atomic mass is 35.5. The topological polar surface area (TPSA) is 94.9 Å². The Morgan fingerprint density at radius 2 is 1.76 bits per heavy atom. The average molecular weight is 332 g/mol. The number of carbonyl (C=O) groups excluding carboxylic acids is 1. The number of amides is 1. The van der Waals surface area contributed by atoms with Crippen molar-refractivity contribution >= 4 is 41.2 Å². The van der Waals surface area contributed by atoms with Crippen LogP contribution in [0.4, 0.5) is 0 Å². The molecule has 0 bridgehead atoms. The van der Waals surface area contributed by atoms with Gasteiger partial charge in [0, 0.05) is 10.8 Å². The van der Waals surface area contributed by atoms with Gasteiger partial charge >= 0.3 is 11.9 Å². The Balaban J connectivity index is 2.49. The molecule has 1 rings (SSSR count). The van der Waals surface area contributed by atoms with E-state index >= 15 is 0 Å². The largest absolute Gasteiger partial charge is 0.480 e. The van der Waals surface area contributed by atoms with Gasteiger partial charge in [-0.15, -0.1) is 11.8 Å². The van der Waals surface area contributed by atoms with Crippen LogP contribution in [0.5, 0.6) is 0 Å². The molecule has 1 aromatic rings. The number of carboxylic acid groups (broad SMARTS) is 2. The fourth-order valence-corrected chi connectivity index (χ4v) is 2.62. The lowest BCUT2D eigenvalue weighted by atomic mass is 10.2. The molecule has 0 aliphatic heterocycles. The minimum Gasteiger partial charge on any atom is -0.480 e. The number of benzene rings is 1. The van der Waals surface area contributed by atoms with Crippen LogP contribution in [-0.2, 0) is 20.1 Å². The van der Waals surface area contributed by atoms with Crippen LogP contribution in [0.1, 0.15) is 5.56 Å². The Bertz CT molecular complexity index is 521. The molecule has 0 atom stereocenters. The number of nitrogens with zero attached hydrogens (tertiary/aromatic N) is 1. The van der Waals surface area contributed by atoms with E-state index in [9.17, 15) is 14.4 Å². The molecule has 21 heavy (non-hydrogen) atoms. The van der Waals surface area contributed by atoms with E-state index in [-0.39, 0.29) is 5.75 Å². The highest BCUT2D eigenvalue weighted by Gasteiger charge is 2.19. The molecule has 0 aromatic heterocycles. The van der Waals surface area contributed by atoms with E-state index in [0.29, 0.717) is 10.8 Å². The molecule has 0 heterocycles. The predicted octanol–water partition coefficient (Wildman–Crippen LogP) is 1.57. The molecule has 0 aliphatic carbocycles. The maximum atomic E-state index is 11.8. The molecular weight excluding hydrogens is 318 g/mol. The summed E-state index contributed by atoms with van der Waals surface area (Å²) in [5.74, 6) is -2.48. The quantitative estimate of drug-likeness (QED) is 0.751. The molecule has 0 aliphatic rings. The molecule has 1 aromatic carbocycles. The van der Waals surface area contributed by atoms with Gasteiger partial charge < -0.3 is 15.1 Å². The number of hydrogen-bond acceptors (Lipinski definition) is 4. The molecule has 2 N–H and O–H groups in total. The van der Waals surface area contributed by atoms with Crippen molar-refractivity contribution in [1.29, 1.82) is 0 Å². The maximum Gasteiger partial charge on any atom is 0.323 e. The minimum atomic E-state index is -1.25. The third-order valence-corrected chi connectivity index (χ3v) is 3.61. The number of rotatable bonds is 8. The van der Waals surface area contributed by atoms with Crippen molar-refractivity contribution in [1.82, 2.24) is 4.90 Å². The Kier molecular flexibility index (Phi) is 7.04. The first-order valence-corrected chi connectivity index (χ1v) is 7.45. The van der Waals surface area contributed by atoms with Gasteiger partial charge in [0.05, 0.1) is 5.75 Å². The van der Waals surface area contributed by atoms with E-state index in [1.807, 2.05) is 6.07 Å². The summed E-state index contributed by atoms with van der Waals surface area (Å²) >= 11 is 7.11. The summed E-state index contributed by atoms with van der Waals surface area (Å²) in [6.45, 7) is -1.24. The minimum absolute atomic E-state index is 0.00702. The second-order valence-corrected chi connectivity index (χ2v) is 5.58. The van der Waals surface area contributed by atoms with Gasteiger partial charge in [-0.25, -0.2) is 0 Å². The second kappa shape index (κ2) is 8.53. The van der Waals surface area contributed by atoms with E-state index in [4.69, 9.17) is 21.8 Å². The van der Waals surface area contributed by atoms with Gasteiger partial charge in [0.15, 0.2) is 0 Å². The Hall–Kier alpha value is -1.73. The third kappa shape index (κ3) is 7.01. The number of aliphatic carboxylic acids is 2. The summed E-state index contributed by atoms with van der Waals surface area (Å²) in [4.78, 5) is 33.9. The normalized spacial score (nSPS) is 10.1. The summed E-state index contributed by atoms with van der Waals surface area (Å²) in [5, 5.41) is 17.9. The number of hydrogen-bond donors (Lipinski definition) is 2. The molecule has 0 radical (unpaired) electrons. The zero-order chi connectivity index (χ0) is 15.8. The van der Waals surface area contributed by atoms with Crippen LogP contribution in [0.15, 0.2) is 24.3 Å². The summed E-state index contributed by atoms with van der Waals surface area (Å²) in [7, 11) is 0. The molecule has 8 heteroatoms. The molecule has 0 saturated heterocycles. The Morgan fingerprint density at radius 3 is 2.29 bits per heavy atom. The van der Waals surface area contributed by atoms with Gasteiger partial charge in [-0.1, -0.05) is 23.7 Å². The first kappa shape index (κ1) is 17.3. The summed E-state index contributed by atoms with van der Waals surface area (Å²) < 4.78 is 0. The van der Waals surface area contributed by atoms with Gasteiger partial charge in [0.1, 0.15) is 13.1 Å². The molecule has 0 saturated carbocycles. The van der Waals surface area contributed by atoms with Crippen LogP contribution in [0.2, 0.25) is 5.02 Å². The van der Waals surface area contributed by atoms with Crippen LogP contribution in [0.25, 0.3) is 0 Å². The van der Waals surface area contributed by atoms with Crippen molar-refractivity contribution < 1.29 is 24.6 Å². The lowest BCUT2D eigenvalue weighted by Gasteiger charge is -2.18. The fraction of sp³-hybridized carbons (Fsp3) is 0.308. The molecule has 0 spiro atoms. The zero-order valence-electron chi connectivity index (χ0n) is 11.0. The monoisotopic (exact) mass is 331 g/mol. The second-order valence-electron chi connectivity index (χ2n) is 4.16. The van der Waals surface area contributed by atoms with Gasteiger partial charge in [-0.2, -0.15) is 0 Å². The van der Waals surface area contributed by atoms with Crippen molar-refractivity contribution in [2.75, 3.05) is 18.8 Å². The van der Waals surface area contributed by atoms with Gasteiger partial charge in [-0.05, 0) is 17.7 Å². The molecule has 1 amide bonds. The van der Waals surface area contributed by atoms with E-state index < -0.39 is 30.9 Å². The fourth-order valence-electron chi connectivity index (χ4n) is 1.53. The van der Waals surface area contributed by atoms with Crippen LogP contribution in [0, 0.1) is 0 Å². The lowest BCUT2D eigenvalue weighted by molar-refractivity contribution is -0.148. The molecule has 0 fully saturated rings. The zero-order valence-corrected chi connectivity index (χ0v) is 12.6. The standard InChI is InChI=1S/C13H14ClNO5S/c14-10-3-1-2-9(4-10)7-21-8-11(16)15(5-12(17)18)6-13(19)20/h1-4H,5-8H2,(H,17,18)(H,19,20). The third-order valence-electron chi connectivity index (χ3n) is 2.39. The average Bonchev–Trinajstić information content (AvgIpc) is 2.36. The first-order valence-electron chi connectivity index (χ1n) is 5.92. The summed E-state index contributed by atoms with van der Waals surface area (Å²) in [5.41, 5.74) is 0.934. The van der Waals surface area contributed by atoms with Crippen molar-refractivity contribution in [3.8, 4) is 0 Å². The van der Waals surface area contributed by atoms with Crippen molar-refractivity contribution in [2.45, 2.75) is 5.75 Å². The van der Waals surface area contributed by atoms with E-state index in [1.165, 1.54) is 11.8 Å². The Morgan fingerprint density at radius 1 is 1.14 bits per heavy atom. The SMILES string of the molecule is O=C(O)CN(CC(=O)O)C(=O)CSCc1cccc(Cl)c1.